The Balaban J connectivity index is 2.07. The monoisotopic (exact) mass is 278 g/mol. The summed E-state index contributed by atoms with van der Waals surface area (Å²) in [6.45, 7) is 12.5. The largest absolute Gasteiger partial charge is 0.379 e. The summed E-state index contributed by atoms with van der Waals surface area (Å²) >= 11 is 0. The topological polar surface area (TPSA) is 24.5 Å². The average molecular weight is 278 g/mol. The van der Waals surface area contributed by atoms with Crippen molar-refractivity contribution in [3.8, 4) is 0 Å². The minimum absolute atomic E-state index is 0.344. The van der Waals surface area contributed by atoms with E-state index in [1.165, 1.54) is 5.56 Å². The molecule has 0 bridgehead atoms. The third kappa shape index (κ3) is 8.31. The van der Waals surface area contributed by atoms with Crippen molar-refractivity contribution >= 4 is 0 Å². The lowest BCUT2D eigenvalue weighted by molar-refractivity contribution is 0.0770. The Morgan fingerprint density at radius 3 is 2.55 bits per heavy atom. The molecule has 0 aliphatic heterocycles. The Hall–Kier alpha value is -0.900. The van der Waals surface area contributed by atoms with Gasteiger partial charge in [-0.2, -0.15) is 0 Å². The predicted molar refractivity (Wildman–Crippen MR) is 86.0 cm³/mol. The molecule has 0 aliphatic rings. The van der Waals surface area contributed by atoms with Crippen molar-refractivity contribution in [3.63, 3.8) is 0 Å². The maximum absolute atomic E-state index is 5.52. The molecule has 1 N–H and O–H groups in total. The van der Waals surface area contributed by atoms with Crippen LogP contribution in [-0.2, 0) is 11.3 Å². The van der Waals surface area contributed by atoms with E-state index in [0.29, 0.717) is 6.10 Å². The number of hydrogen-bond donors (Lipinski definition) is 1. The van der Waals surface area contributed by atoms with Gasteiger partial charge in [0.05, 0.1) is 6.10 Å². The second-order valence-corrected chi connectivity index (χ2v) is 5.38. The molecule has 114 valence electrons. The van der Waals surface area contributed by atoms with Crippen LogP contribution in [-0.4, -0.2) is 43.8 Å². The van der Waals surface area contributed by atoms with Gasteiger partial charge in [0.15, 0.2) is 0 Å². The molecule has 0 aromatic heterocycles. The zero-order chi connectivity index (χ0) is 14.6. The van der Waals surface area contributed by atoms with Crippen LogP contribution >= 0.6 is 0 Å². The van der Waals surface area contributed by atoms with Gasteiger partial charge in [0.2, 0.25) is 0 Å². The van der Waals surface area contributed by atoms with Crippen molar-refractivity contribution in [2.24, 2.45) is 0 Å². The maximum atomic E-state index is 5.52. The Bertz CT molecular complexity index is 327. The predicted octanol–water partition coefficient (Wildman–Crippen LogP) is 2.91. The molecule has 0 saturated carbocycles. The van der Waals surface area contributed by atoms with Crippen LogP contribution in [0.25, 0.3) is 0 Å². The zero-order valence-corrected chi connectivity index (χ0v) is 13.3. The molecule has 0 unspecified atom stereocenters. The summed E-state index contributed by atoms with van der Waals surface area (Å²) in [5.74, 6) is 0. The van der Waals surface area contributed by atoms with Gasteiger partial charge < -0.3 is 10.1 Å². The van der Waals surface area contributed by atoms with Gasteiger partial charge in [0, 0.05) is 26.2 Å². The summed E-state index contributed by atoms with van der Waals surface area (Å²) in [6.07, 6.45) is 1.43. The second-order valence-electron chi connectivity index (χ2n) is 5.38. The third-order valence-corrected chi connectivity index (χ3v) is 3.25. The Kier molecular flexibility index (Phi) is 9.29. The highest BCUT2D eigenvalue weighted by atomic mass is 16.5. The van der Waals surface area contributed by atoms with Crippen molar-refractivity contribution in [1.82, 2.24) is 10.2 Å². The highest BCUT2D eigenvalue weighted by molar-refractivity contribution is 5.14. The van der Waals surface area contributed by atoms with E-state index < -0.39 is 0 Å². The van der Waals surface area contributed by atoms with Crippen LogP contribution in [0, 0.1) is 0 Å². The zero-order valence-electron chi connectivity index (χ0n) is 13.3. The van der Waals surface area contributed by atoms with E-state index in [2.05, 4.69) is 61.3 Å². The quantitative estimate of drug-likeness (QED) is 0.630. The van der Waals surface area contributed by atoms with Crippen molar-refractivity contribution in [2.45, 2.75) is 39.8 Å². The fraction of sp³-hybridized carbons (Fsp3) is 0.647. The van der Waals surface area contributed by atoms with Gasteiger partial charge in [-0.15, -0.1) is 0 Å². The second kappa shape index (κ2) is 10.8. The van der Waals surface area contributed by atoms with Crippen molar-refractivity contribution < 1.29 is 4.74 Å². The van der Waals surface area contributed by atoms with Crippen LogP contribution in [0.3, 0.4) is 0 Å². The molecule has 0 fully saturated rings. The molecule has 1 aromatic carbocycles. The summed E-state index contributed by atoms with van der Waals surface area (Å²) in [5, 5.41) is 3.49. The van der Waals surface area contributed by atoms with Crippen LogP contribution in [0.5, 0.6) is 0 Å². The van der Waals surface area contributed by atoms with Crippen LogP contribution in [0.4, 0.5) is 0 Å². The minimum Gasteiger partial charge on any atom is -0.379 e. The molecule has 0 atom stereocenters. The maximum Gasteiger partial charge on any atom is 0.0518 e. The molecular weight excluding hydrogens is 248 g/mol. The highest BCUT2D eigenvalue weighted by Gasteiger charge is 2.02. The van der Waals surface area contributed by atoms with Crippen molar-refractivity contribution in [2.75, 3.05) is 32.8 Å². The van der Waals surface area contributed by atoms with Crippen molar-refractivity contribution in [3.05, 3.63) is 35.9 Å². The van der Waals surface area contributed by atoms with E-state index in [1.807, 2.05) is 0 Å². The van der Waals surface area contributed by atoms with Gasteiger partial charge in [-0.3, -0.25) is 4.90 Å². The van der Waals surface area contributed by atoms with Gasteiger partial charge in [-0.1, -0.05) is 37.3 Å². The number of nitrogens with zero attached hydrogens (tertiary/aromatic N) is 1. The molecule has 0 saturated heterocycles. The summed E-state index contributed by atoms with van der Waals surface area (Å²) in [5.41, 5.74) is 1.39. The summed E-state index contributed by atoms with van der Waals surface area (Å²) in [4.78, 5) is 2.47. The first-order valence-corrected chi connectivity index (χ1v) is 7.81. The number of ether oxygens (including phenoxy) is 1. The number of nitrogens with one attached hydrogen (secondary N) is 1. The summed E-state index contributed by atoms with van der Waals surface area (Å²) in [7, 11) is 0. The first-order chi connectivity index (χ1) is 9.72. The van der Waals surface area contributed by atoms with Gasteiger partial charge in [0.25, 0.3) is 0 Å². The Labute approximate surface area is 124 Å². The molecule has 0 radical (unpaired) electrons. The highest BCUT2D eigenvalue weighted by Crippen LogP contribution is 2.03. The van der Waals surface area contributed by atoms with Crippen LogP contribution in [0.15, 0.2) is 30.3 Å². The number of likely N-dealkylation sites (N-methyl/N-ethyl adjacent to an activating group) is 1. The molecule has 1 rings (SSSR count). The fourth-order valence-corrected chi connectivity index (χ4v) is 2.07. The molecule has 0 amide bonds. The molecule has 0 heterocycles. The Morgan fingerprint density at radius 2 is 1.90 bits per heavy atom. The van der Waals surface area contributed by atoms with Crippen molar-refractivity contribution in [1.29, 1.82) is 0 Å². The average Bonchev–Trinajstić information content (AvgIpc) is 2.45. The van der Waals surface area contributed by atoms with Crippen LogP contribution < -0.4 is 5.32 Å². The summed E-state index contributed by atoms with van der Waals surface area (Å²) in [6, 6.07) is 10.7. The molecule has 20 heavy (non-hydrogen) atoms. The van der Waals surface area contributed by atoms with E-state index in [0.717, 1.165) is 45.8 Å². The smallest absolute Gasteiger partial charge is 0.0518 e. The summed E-state index contributed by atoms with van der Waals surface area (Å²) < 4.78 is 5.52. The normalized spacial score (nSPS) is 11.4. The van der Waals surface area contributed by atoms with E-state index in [4.69, 9.17) is 4.74 Å². The lowest BCUT2D eigenvalue weighted by atomic mass is 10.2. The fourth-order valence-electron chi connectivity index (χ4n) is 2.07. The lowest BCUT2D eigenvalue weighted by Gasteiger charge is -2.20. The molecular formula is C17H30N2O. The first kappa shape index (κ1) is 17.2. The molecule has 3 nitrogen and oxygen atoms in total. The molecule has 1 aromatic rings. The number of hydrogen-bond acceptors (Lipinski definition) is 3. The molecule has 0 spiro atoms. The SMILES string of the molecule is CCN(CCNCCCOC(C)C)Cc1ccccc1. The van der Waals surface area contributed by atoms with Gasteiger partial charge >= 0.3 is 0 Å². The van der Waals surface area contributed by atoms with Crippen LogP contribution in [0.1, 0.15) is 32.8 Å². The molecule has 3 heteroatoms. The van der Waals surface area contributed by atoms with Gasteiger partial charge in [-0.05, 0) is 38.9 Å². The third-order valence-electron chi connectivity index (χ3n) is 3.25. The standard InChI is InChI=1S/C17H30N2O/c1-4-19(15-17-9-6-5-7-10-17)13-12-18-11-8-14-20-16(2)3/h5-7,9-10,16,18H,4,8,11-15H2,1-3H3. The van der Waals surface area contributed by atoms with Gasteiger partial charge in [-0.25, -0.2) is 0 Å². The lowest BCUT2D eigenvalue weighted by Crippen LogP contribution is -2.32. The number of rotatable bonds is 11. The van der Waals surface area contributed by atoms with Gasteiger partial charge in [0.1, 0.15) is 0 Å². The Morgan fingerprint density at radius 1 is 1.15 bits per heavy atom. The number of benzene rings is 1. The minimum atomic E-state index is 0.344. The first-order valence-electron chi connectivity index (χ1n) is 7.81. The molecule has 0 aliphatic carbocycles. The van der Waals surface area contributed by atoms with E-state index >= 15 is 0 Å². The van der Waals surface area contributed by atoms with E-state index in [9.17, 15) is 0 Å². The van der Waals surface area contributed by atoms with E-state index in [-0.39, 0.29) is 0 Å². The van der Waals surface area contributed by atoms with E-state index in [1.54, 1.807) is 0 Å². The van der Waals surface area contributed by atoms with Crippen LogP contribution in [0.2, 0.25) is 0 Å².